The molecule has 1 aliphatic rings. The van der Waals surface area contributed by atoms with Crippen LogP contribution < -0.4 is 0 Å². The maximum absolute atomic E-state index is 12.9. The number of hydrogen-bond acceptors (Lipinski definition) is 2. The first-order valence-corrected chi connectivity index (χ1v) is 4.08. The Kier molecular flexibility index (Phi) is 2.93. The molecule has 0 aromatic rings. The van der Waals surface area contributed by atoms with E-state index in [4.69, 9.17) is 0 Å². The van der Waals surface area contributed by atoms with Crippen molar-refractivity contribution in [2.24, 2.45) is 10.9 Å². The zero-order valence-electron chi connectivity index (χ0n) is 6.72. The highest BCUT2D eigenvalue weighted by Gasteiger charge is 2.42. The summed E-state index contributed by atoms with van der Waals surface area (Å²) < 4.78 is 25.8. The Balaban J connectivity index is 2.36. The van der Waals surface area contributed by atoms with Crippen molar-refractivity contribution in [2.75, 3.05) is 6.54 Å². The molecule has 0 amide bonds. The van der Waals surface area contributed by atoms with E-state index in [1.54, 1.807) is 0 Å². The van der Waals surface area contributed by atoms with Gasteiger partial charge in [-0.1, -0.05) is 0 Å². The van der Waals surface area contributed by atoms with Gasteiger partial charge in [0.2, 0.25) is 6.08 Å². The third-order valence-electron chi connectivity index (χ3n) is 2.31. The smallest absolute Gasteiger partial charge is 0.211 e. The maximum Gasteiger partial charge on any atom is 0.251 e. The van der Waals surface area contributed by atoms with Gasteiger partial charge >= 0.3 is 0 Å². The molecule has 68 valence electrons. The zero-order valence-corrected chi connectivity index (χ0v) is 6.72. The fraction of sp³-hybridized carbons (Fsp3) is 0.875. The van der Waals surface area contributed by atoms with Gasteiger partial charge in [-0.25, -0.2) is 18.6 Å². The Bertz CT molecular complexity index is 199. The fourth-order valence-electron chi connectivity index (χ4n) is 1.62. The second-order valence-corrected chi connectivity index (χ2v) is 3.11. The number of hydrogen-bond donors (Lipinski definition) is 0. The summed E-state index contributed by atoms with van der Waals surface area (Å²) in [6, 6.07) is 0. The summed E-state index contributed by atoms with van der Waals surface area (Å²) in [5, 5.41) is 0. The van der Waals surface area contributed by atoms with E-state index in [2.05, 4.69) is 4.99 Å². The molecule has 0 aromatic carbocycles. The minimum absolute atomic E-state index is 0.0114. The lowest BCUT2D eigenvalue weighted by atomic mass is 10.0. The van der Waals surface area contributed by atoms with Crippen molar-refractivity contribution in [3.8, 4) is 0 Å². The van der Waals surface area contributed by atoms with Crippen molar-refractivity contribution in [3.05, 3.63) is 0 Å². The van der Waals surface area contributed by atoms with Gasteiger partial charge in [0.05, 0.1) is 6.54 Å². The first kappa shape index (κ1) is 9.33. The summed E-state index contributed by atoms with van der Waals surface area (Å²) >= 11 is 0. The molecule has 0 saturated heterocycles. The number of aliphatic imine (C=N–C) groups is 1. The number of carbonyl (C=O) groups excluding carboxylic acids is 1. The molecule has 1 saturated carbocycles. The first-order chi connectivity index (χ1) is 5.67. The molecule has 1 fully saturated rings. The molecule has 4 heteroatoms. The van der Waals surface area contributed by atoms with E-state index in [1.165, 1.54) is 6.08 Å². The van der Waals surface area contributed by atoms with Gasteiger partial charge in [0, 0.05) is 12.3 Å². The zero-order chi connectivity index (χ0) is 9.03. The molecular formula is C8H11F2NO. The van der Waals surface area contributed by atoms with Crippen LogP contribution in [0.4, 0.5) is 8.78 Å². The van der Waals surface area contributed by atoms with Gasteiger partial charge < -0.3 is 0 Å². The van der Waals surface area contributed by atoms with Crippen LogP contribution in [-0.4, -0.2) is 18.5 Å². The van der Waals surface area contributed by atoms with Crippen LogP contribution in [0.25, 0.3) is 0 Å². The molecular weight excluding hydrogens is 164 g/mol. The molecule has 0 heterocycles. The minimum Gasteiger partial charge on any atom is -0.211 e. The molecule has 2 nitrogen and oxygen atoms in total. The maximum atomic E-state index is 12.9. The average molecular weight is 175 g/mol. The van der Waals surface area contributed by atoms with E-state index in [1.807, 2.05) is 0 Å². The molecule has 1 rings (SSSR count). The van der Waals surface area contributed by atoms with Gasteiger partial charge in [0.1, 0.15) is 0 Å². The number of rotatable bonds is 3. The van der Waals surface area contributed by atoms with Gasteiger partial charge in [0.15, 0.2) is 0 Å². The van der Waals surface area contributed by atoms with Crippen molar-refractivity contribution in [1.82, 2.24) is 0 Å². The van der Waals surface area contributed by atoms with Crippen molar-refractivity contribution >= 4 is 6.08 Å². The van der Waals surface area contributed by atoms with Crippen LogP contribution in [0, 0.1) is 5.92 Å². The summed E-state index contributed by atoms with van der Waals surface area (Å²) in [6.07, 6.45) is 2.79. The van der Waals surface area contributed by atoms with Crippen LogP contribution in [0.5, 0.6) is 0 Å². The van der Waals surface area contributed by atoms with E-state index in [-0.39, 0.29) is 13.0 Å². The molecule has 12 heavy (non-hydrogen) atoms. The Morgan fingerprint density at radius 1 is 1.58 bits per heavy atom. The highest BCUT2D eigenvalue weighted by molar-refractivity contribution is 5.32. The van der Waals surface area contributed by atoms with Crippen LogP contribution in [0.15, 0.2) is 4.99 Å². The monoisotopic (exact) mass is 175 g/mol. The molecule has 1 atom stereocenters. The quantitative estimate of drug-likeness (QED) is 0.477. The Morgan fingerprint density at radius 3 is 2.83 bits per heavy atom. The highest BCUT2D eigenvalue weighted by atomic mass is 19.3. The molecule has 0 aromatic heterocycles. The SMILES string of the molecule is O=C=NCCC1CCCC1(F)F. The summed E-state index contributed by atoms with van der Waals surface area (Å²) in [5.41, 5.74) is 0. The Morgan fingerprint density at radius 2 is 2.33 bits per heavy atom. The number of alkyl halides is 2. The molecule has 0 radical (unpaired) electrons. The Labute approximate surface area is 69.7 Å². The van der Waals surface area contributed by atoms with E-state index in [0.29, 0.717) is 19.3 Å². The predicted octanol–water partition coefficient (Wildman–Crippen LogP) is 2.15. The average Bonchev–Trinajstić information content (AvgIpc) is 2.32. The van der Waals surface area contributed by atoms with Crippen molar-refractivity contribution < 1.29 is 13.6 Å². The lowest BCUT2D eigenvalue weighted by Gasteiger charge is -2.17. The third kappa shape index (κ3) is 2.11. The molecule has 1 aliphatic carbocycles. The summed E-state index contributed by atoms with van der Waals surface area (Å²) in [6.45, 7) is 0.184. The largest absolute Gasteiger partial charge is 0.251 e. The normalized spacial score (nSPS) is 26.7. The van der Waals surface area contributed by atoms with Crippen LogP contribution >= 0.6 is 0 Å². The molecule has 0 N–H and O–H groups in total. The predicted molar refractivity (Wildman–Crippen MR) is 39.9 cm³/mol. The first-order valence-electron chi connectivity index (χ1n) is 4.08. The summed E-state index contributed by atoms with van der Waals surface area (Å²) in [4.78, 5) is 12.9. The fourth-order valence-corrected chi connectivity index (χ4v) is 1.62. The topological polar surface area (TPSA) is 29.4 Å². The molecule has 0 bridgehead atoms. The van der Waals surface area contributed by atoms with E-state index >= 15 is 0 Å². The highest BCUT2D eigenvalue weighted by Crippen LogP contribution is 2.41. The van der Waals surface area contributed by atoms with E-state index < -0.39 is 11.8 Å². The summed E-state index contributed by atoms with van der Waals surface area (Å²) in [5.74, 6) is -3.10. The van der Waals surface area contributed by atoms with Crippen molar-refractivity contribution in [2.45, 2.75) is 31.6 Å². The summed E-state index contributed by atoms with van der Waals surface area (Å²) in [7, 11) is 0. The minimum atomic E-state index is -2.53. The third-order valence-corrected chi connectivity index (χ3v) is 2.31. The second kappa shape index (κ2) is 3.76. The van der Waals surface area contributed by atoms with Crippen molar-refractivity contribution in [1.29, 1.82) is 0 Å². The van der Waals surface area contributed by atoms with Crippen LogP contribution in [0.3, 0.4) is 0 Å². The van der Waals surface area contributed by atoms with Gasteiger partial charge in [-0.15, -0.1) is 0 Å². The van der Waals surface area contributed by atoms with Crippen LogP contribution in [0.1, 0.15) is 25.7 Å². The number of halogens is 2. The number of isocyanates is 1. The molecule has 1 unspecified atom stereocenters. The van der Waals surface area contributed by atoms with Crippen molar-refractivity contribution in [3.63, 3.8) is 0 Å². The van der Waals surface area contributed by atoms with E-state index in [9.17, 15) is 13.6 Å². The molecule has 0 spiro atoms. The van der Waals surface area contributed by atoms with E-state index in [0.717, 1.165) is 0 Å². The van der Waals surface area contributed by atoms with Gasteiger partial charge in [-0.3, -0.25) is 0 Å². The van der Waals surface area contributed by atoms with Crippen LogP contribution in [-0.2, 0) is 4.79 Å². The van der Waals surface area contributed by atoms with Gasteiger partial charge in [0.25, 0.3) is 5.92 Å². The molecule has 0 aliphatic heterocycles. The lowest BCUT2D eigenvalue weighted by Crippen LogP contribution is -2.22. The van der Waals surface area contributed by atoms with Crippen LogP contribution in [0.2, 0.25) is 0 Å². The standard InChI is InChI=1S/C8H11F2NO/c9-8(10)4-1-2-7(8)3-5-11-6-12/h7H,1-5H2. The number of nitrogens with zero attached hydrogens (tertiary/aromatic N) is 1. The van der Waals surface area contributed by atoms with Gasteiger partial charge in [-0.2, -0.15) is 0 Å². The lowest BCUT2D eigenvalue weighted by molar-refractivity contribution is -0.0384. The second-order valence-electron chi connectivity index (χ2n) is 3.11. The Hall–Kier alpha value is -0.760. The van der Waals surface area contributed by atoms with Gasteiger partial charge in [-0.05, 0) is 19.3 Å².